The van der Waals surface area contributed by atoms with Gasteiger partial charge in [-0.1, -0.05) is 0 Å². The number of nitrogens with zero attached hydrogens (tertiary/aromatic N) is 2. The summed E-state index contributed by atoms with van der Waals surface area (Å²) in [6, 6.07) is 3.96. The summed E-state index contributed by atoms with van der Waals surface area (Å²) in [5.74, 6) is 0.166. The number of carbonyl (C=O) groups excluding carboxylic acids is 2. The summed E-state index contributed by atoms with van der Waals surface area (Å²) >= 11 is 7.22. The van der Waals surface area contributed by atoms with Crippen molar-refractivity contribution in [3.05, 3.63) is 30.0 Å². The second kappa shape index (κ2) is 7.51. The van der Waals surface area contributed by atoms with Gasteiger partial charge in [-0.3, -0.25) is 0 Å². The normalized spacial score (nSPS) is 10.9. The fourth-order valence-corrected chi connectivity index (χ4v) is 6.68. The summed E-state index contributed by atoms with van der Waals surface area (Å²) in [5, 5.41) is 2.16. The Balaban J connectivity index is 2.58. The van der Waals surface area contributed by atoms with Crippen molar-refractivity contribution in [1.29, 1.82) is 0 Å². The van der Waals surface area contributed by atoms with Gasteiger partial charge in [0.05, 0.1) is 0 Å². The number of benzene rings is 1. The molecule has 1 aromatic heterocycles. The predicted octanol–water partition coefficient (Wildman–Crippen LogP) is 2.68. The van der Waals surface area contributed by atoms with Crippen LogP contribution in [-0.4, -0.2) is 64.3 Å². The molecule has 0 aliphatic heterocycles. The summed E-state index contributed by atoms with van der Waals surface area (Å²) < 4.78 is 4.21. The molecule has 0 saturated heterocycles. The van der Waals surface area contributed by atoms with Crippen LogP contribution in [-0.2, 0) is 22.4 Å². The van der Waals surface area contributed by atoms with Crippen molar-refractivity contribution in [2.45, 2.75) is 12.8 Å². The zero-order valence-electron chi connectivity index (χ0n) is 13.4. The van der Waals surface area contributed by atoms with Gasteiger partial charge in [0.25, 0.3) is 0 Å². The Morgan fingerprint density at radius 3 is 1.52 bits per heavy atom. The van der Waals surface area contributed by atoms with Crippen LogP contribution in [0, 0.1) is 0 Å². The molecule has 0 fully saturated rings. The predicted molar refractivity (Wildman–Crippen MR) is 101 cm³/mol. The number of amides is 2. The van der Waals surface area contributed by atoms with Gasteiger partial charge < -0.3 is 0 Å². The van der Waals surface area contributed by atoms with E-state index in [1.165, 1.54) is 0 Å². The molecule has 23 heavy (non-hydrogen) atoms. The average molecular weight is 509 g/mol. The van der Waals surface area contributed by atoms with E-state index < -0.39 is 0 Å². The molecule has 2 rings (SSSR count). The number of hydrogen-bond donors (Lipinski definition) is 0. The standard InChI is InChI=1S/C16H18Br2N2O2Se/c1-19(2)13(21)7-11-15-9(17)5-6-10(18)16(15)12(23-11)8-14(22)20(3)4/h5-6H,7-8H2,1-4H3. The Morgan fingerprint density at radius 1 is 0.870 bits per heavy atom. The molecule has 0 aliphatic carbocycles. The molecule has 0 saturated carbocycles. The molecule has 1 aromatic carbocycles. The summed E-state index contributed by atoms with van der Waals surface area (Å²) in [7, 11) is 7.06. The Bertz CT molecular complexity index is 707. The van der Waals surface area contributed by atoms with Crippen LogP contribution in [0.2, 0.25) is 0 Å². The first kappa shape index (κ1) is 18.7. The van der Waals surface area contributed by atoms with Crippen molar-refractivity contribution < 1.29 is 9.59 Å². The maximum atomic E-state index is 12.1. The fourth-order valence-electron chi connectivity index (χ4n) is 2.19. The molecular formula is C16H18Br2N2O2Se. The zero-order chi connectivity index (χ0) is 17.3. The molecule has 0 aliphatic rings. The number of halogens is 2. The molecule has 2 amide bonds. The molecule has 2 aromatic rings. The van der Waals surface area contributed by atoms with E-state index in [9.17, 15) is 9.59 Å². The maximum absolute atomic E-state index is 12.1. The van der Waals surface area contributed by atoms with Gasteiger partial charge in [-0.25, -0.2) is 0 Å². The SMILES string of the molecule is CN(C)C(=O)Cc1[se]c(CC(=O)N(C)C)c2c(Br)ccc(Br)c12. The van der Waals surface area contributed by atoms with Gasteiger partial charge in [-0.15, -0.1) is 0 Å². The molecule has 4 nitrogen and oxygen atoms in total. The van der Waals surface area contributed by atoms with Crippen LogP contribution >= 0.6 is 31.9 Å². The van der Waals surface area contributed by atoms with E-state index in [2.05, 4.69) is 31.9 Å². The minimum atomic E-state index is 0.00602. The van der Waals surface area contributed by atoms with Crippen molar-refractivity contribution in [3.8, 4) is 0 Å². The van der Waals surface area contributed by atoms with Gasteiger partial charge in [-0.05, 0) is 0 Å². The first-order valence-electron chi connectivity index (χ1n) is 7.01. The van der Waals surface area contributed by atoms with Crippen molar-refractivity contribution >= 4 is 69.0 Å². The van der Waals surface area contributed by atoms with Crippen LogP contribution in [0.1, 0.15) is 8.87 Å². The molecule has 0 unspecified atom stereocenters. The van der Waals surface area contributed by atoms with Crippen LogP contribution in [0.3, 0.4) is 0 Å². The van der Waals surface area contributed by atoms with Crippen molar-refractivity contribution in [3.63, 3.8) is 0 Å². The van der Waals surface area contributed by atoms with Crippen LogP contribution in [0.4, 0.5) is 0 Å². The van der Waals surface area contributed by atoms with Gasteiger partial charge in [0.15, 0.2) is 0 Å². The number of likely N-dealkylation sites (N-methyl/N-ethyl adjacent to an activating group) is 2. The topological polar surface area (TPSA) is 40.6 Å². The summed E-state index contributed by atoms with van der Waals surface area (Å²) in [6.45, 7) is 0. The van der Waals surface area contributed by atoms with Crippen LogP contribution in [0.15, 0.2) is 21.1 Å². The number of hydrogen-bond acceptors (Lipinski definition) is 2. The molecule has 0 N–H and O–H groups in total. The number of carbonyl (C=O) groups is 2. The van der Waals surface area contributed by atoms with E-state index in [1.807, 2.05) is 12.1 Å². The Kier molecular flexibility index (Phi) is 6.11. The first-order chi connectivity index (χ1) is 10.7. The van der Waals surface area contributed by atoms with E-state index in [0.717, 1.165) is 28.6 Å². The van der Waals surface area contributed by atoms with Gasteiger partial charge >= 0.3 is 159 Å². The third-order valence-corrected chi connectivity index (χ3v) is 7.35. The fraction of sp³-hybridized carbons (Fsp3) is 0.375. The van der Waals surface area contributed by atoms with E-state index in [0.29, 0.717) is 12.8 Å². The molecule has 0 atom stereocenters. The first-order valence-corrected chi connectivity index (χ1v) is 10.3. The summed E-state index contributed by atoms with van der Waals surface area (Å²) in [5.41, 5.74) is 0. The molecular weight excluding hydrogens is 491 g/mol. The van der Waals surface area contributed by atoms with E-state index in [1.54, 1.807) is 38.0 Å². The Hall–Kier alpha value is -0.621. The van der Waals surface area contributed by atoms with Gasteiger partial charge in [0.1, 0.15) is 0 Å². The second-order valence-electron chi connectivity index (χ2n) is 5.66. The molecule has 0 spiro atoms. The summed E-state index contributed by atoms with van der Waals surface area (Å²) in [4.78, 5) is 27.5. The molecule has 1 heterocycles. The third-order valence-electron chi connectivity index (χ3n) is 3.53. The van der Waals surface area contributed by atoms with Crippen molar-refractivity contribution in [2.24, 2.45) is 0 Å². The quantitative estimate of drug-likeness (QED) is 0.596. The van der Waals surface area contributed by atoms with Gasteiger partial charge in [0, 0.05) is 0 Å². The summed E-state index contributed by atoms with van der Waals surface area (Å²) in [6.07, 6.45) is 0.795. The Morgan fingerprint density at radius 2 is 1.22 bits per heavy atom. The second-order valence-corrected chi connectivity index (χ2v) is 9.86. The van der Waals surface area contributed by atoms with E-state index in [-0.39, 0.29) is 26.3 Å². The van der Waals surface area contributed by atoms with Crippen molar-refractivity contribution in [1.82, 2.24) is 9.80 Å². The minimum absolute atomic E-state index is 0.00602. The van der Waals surface area contributed by atoms with E-state index >= 15 is 0 Å². The van der Waals surface area contributed by atoms with Crippen LogP contribution < -0.4 is 0 Å². The molecule has 0 bridgehead atoms. The van der Waals surface area contributed by atoms with Crippen molar-refractivity contribution in [2.75, 3.05) is 28.2 Å². The van der Waals surface area contributed by atoms with E-state index in [4.69, 9.17) is 0 Å². The molecule has 7 heteroatoms. The molecule has 0 radical (unpaired) electrons. The molecule has 124 valence electrons. The number of rotatable bonds is 4. The van der Waals surface area contributed by atoms with Crippen LogP contribution in [0.25, 0.3) is 10.8 Å². The van der Waals surface area contributed by atoms with Gasteiger partial charge in [0.2, 0.25) is 0 Å². The number of fused-ring (bicyclic) bond motifs is 1. The monoisotopic (exact) mass is 508 g/mol. The van der Waals surface area contributed by atoms with Crippen LogP contribution in [0.5, 0.6) is 0 Å². The van der Waals surface area contributed by atoms with Gasteiger partial charge in [-0.2, -0.15) is 0 Å². The Labute approximate surface area is 158 Å². The zero-order valence-corrected chi connectivity index (χ0v) is 18.3. The average Bonchev–Trinajstić information content (AvgIpc) is 2.82. The third kappa shape index (κ3) is 4.08.